The van der Waals surface area contributed by atoms with Crippen molar-refractivity contribution in [1.29, 1.82) is 0 Å². The fourth-order valence-electron chi connectivity index (χ4n) is 4.44. The number of nitrogen functional groups attached to an aromatic ring is 1. The maximum atomic E-state index is 5.87. The first-order valence-corrected chi connectivity index (χ1v) is 7.90. The molecule has 1 heterocycles. The van der Waals surface area contributed by atoms with Crippen LogP contribution >= 0.6 is 0 Å². The number of piperidine rings is 1. The summed E-state index contributed by atoms with van der Waals surface area (Å²) in [5.74, 6) is 1.22. The van der Waals surface area contributed by atoms with Gasteiger partial charge in [-0.15, -0.1) is 0 Å². The van der Waals surface area contributed by atoms with Crippen LogP contribution in [0.15, 0.2) is 48.5 Å². The Morgan fingerprint density at radius 2 is 1.71 bits per heavy atom. The van der Waals surface area contributed by atoms with Crippen LogP contribution in [0.4, 0.5) is 5.69 Å². The van der Waals surface area contributed by atoms with E-state index in [-0.39, 0.29) is 0 Å². The van der Waals surface area contributed by atoms with E-state index >= 15 is 0 Å². The number of rotatable bonds is 1. The molecule has 0 amide bonds. The lowest BCUT2D eigenvalue weighted by molar-refractivity contribution is 0.127. The second kappa shape index (κ2) is 4.88. The van der Waals surface area contributed by atoms with Gasteiger partial charge < -0.3 is 5.73 Å². The van der Waals surface area contributed by atoms with Crippen molar-refractivity contribution in [2.75, 3.05) is 19.3 Å². The molecule has 2 N–H and O–H groups in total. The highest BCUT2D eigenvalue weighted by Gasteiger charge is 2.44. The Labute approximate surface area is 126 Å². The van der Waals surface area contributed by atoms with Gasteiger partial charge in [-0.1, -0.05) is 36.4 Å². The molecule has 0 spiro atoms. The van der Waals surface area contributed by atoms with Crippen LogP contribution in [-0.2, 0) is 0 Å². The fraction of sp³-hybridized carbons (Fsp3) is 0.368. The highest BCUT2D eigenvalue weighted by atomic mass is 15.1. The van der Waals surface area contributed by atoms with Crippen LogP contribution in [0.25, 0.3) is 0 Å². The highest BCUT2D eigenvalue weighted by molar-refractivity contribution is 5.49. The Morgan fingerprint density at radius 3 is 2.48 bits per heavy atom. The van der Waals surface area contributed by atoms with Gasteiger partial charge in [-0.05, 0) is 61.2 Å². The summed E-state index contributed by atoms with van der Waals surface area (Å²) in [5, 5.41) is 0. The van der Waals surface area contributed by atoms with Crippen LogP contribution < -0.4 is 5.73 Å². The maximum absolute atomic E-state index is 5.87. The van der Waals surface area contributed by atoms with E-state index in [9.17, 15) is 0 Å². The SMILES string of the molecule is CN1CCC[C@H]2[C@H](c3ccc(N)cc3)c3ccccc3[C@H]21. The molecule has 0 aromatic heterocycles. The van der Waals surface area contributed by atoms with Gasteiger partial charge in [-0.25, -0.2) is 0 Å². The minimum Gasteiger partial charge on any atom is -0.399 e. The number of fused-ring (bicyclic) bond motifs is 3. The van der Waals surface area contributed by atoms with E-state index < -0.39 is 0 Å². The molecule has 2 nitrogen and oxygen atoms in total. The number of hydrogen-bond acceptors (Lipinski definition) is 2. The normalized spacial score (nSPS) is 28.1. The van der Waals surface area contributed by atoms with Gasteiger partial charge >= 0.3 is 0 Å². The average molecular weight is 278 g/mol. The Balaban J connectivity index is 1.84. The van der Waals surface area contributed by atoms with Crippen molar-refractivity contribution >= 4 is 5.69 Å². The molecule has 0 radical (unpaired) electrons. The fourth-order valence-corrected chi connectivity index (χ4v) is 4.44. The summed E-state index contributed by atoms with van der Waals surface area (Å²) >= 11 is 0. The first-order valence-electron chi connectivity index (χ1n) is 7.90. The van der Waals surface area contributed by atoms with Crippen molar-refractivity contribution in [2.24, 2.45) is 5.92 Å². The molecule has 2 aromatic rings. The second-order valence-corrected chi connectivity index (χ2v) is 6.50. The summed E-state index contributed by atoms with van der Waals surface area (Å²) in [6.45, 7) is 1.21. The summed E-state index contributed by atoms with van der Waals surface area (Å²) in [6.07, 6.45) is 2.62. The molecule has 2 heteroatoms. The van der Waals surface area contributed by atoms with Crippen LogP contribution in [-0.4, -0.2) is 18.5 Å². The highest BCUT2D eigenvalue weighted by Crippen LogP contribution is 2.54. The van der Waals surface area contributed by atoms with Gasteiger partial charge in [-0.3, -0.25) is 4.90 Å². The van der Waals surface area contributed by atoms with Crippen LogP contribution in [0, 0.1) is 5.92 Å². The summed E-state index contributed by atoms with van der Waals surface area (Å²) in [6, 6.07) is 18.1. The van der Waals surface area contributed by atoms with E-state index in [1.54, 1.807) is 0 Å². The van der Waals surface area contributed by atoms with Gasteiger partial charge in [-0.2, -0.15) is 0 Å². The Hall–Kier alpha value is -1.80. The van der Waals surface area contributed by atoms with Crippen LogP contribution in [0.3, 0.4) is 0 Å². The molecule has 1 saturated heterocycles. The largest absolute Gasteiger partial charge is 0.399 e. The monoisotopic (exact) mass is 278 g/mol. The zero-order valence-electron chi connectivity index (χ0n) is 12.5. The zero-order chi connectivity index (χ0) is 14.4. The molecule has 4 rings (SSSR count). The van der Waals surface area contributed by atoms with Crippen molar-refractivity contribution in [3.05, 3.63) is 65.2 Å². The molecule has 1 fully saturated rings. The minimum atomic E-state index is 0.523. The molecule has 1 aliphatic carbocycles. The molecule has 2 aromatic carbocycles. The van der Waals surface area contributed by atoms with E-state index in [1.165, 1.54) is 36.1 Å². The van der Waals surface area contributed by atoms with E-state index in [4.69, 9.17) is 5.73 Å². The predicted molar refractivity (Wildman–Crippen MR) is 87.2 cm³/mol. The number of nitrogens with two attached hydrogens (primary N) is 1. The third-order valence-corrected chi connectivity index (χ3v) is 5.30. The van der Waals surface area contributed by atoms with Gasteiger partial charge in [0.05, 0.1) is 0 Å². The lowest BCUT2D eigenvalue weighted by atomic mass is 9.80. The average Bonchev–Trinajstić information content (AvgIpc) is 2.84. The topological polar surface area (TPSA) is 29.3 Å². The van der Waals surface area contributed by atoms with Crippen molar-refractivity contribution in [1.82, 2.24) is 4.90 Å². The first-order chi connectivity index (χ1) is 10.3. The third kappa shape index (κ3) is 1.97. The predicted octanol–water partition coefficient (Wildman–Crippen LogP) is 3.80. The molecule has 21 heavy (non-hydrogen) atoms. The van der Waals surface area contributed by atoms with Crippen molar-refractivity contribution < 1.29 is 0 Å². The van der Waals surface area contributed by atoms with Gasteiger partial charge in [0.25, 0.3) is 0 Å². The molecule has 0 unspecified atom stereocenters. The molecule has 3 atom stereocenters. The van der Waals surface area contributed by atoms with Gasteiger partial charge in [0.15, 0.2) is 0 Å². The van der Waals surface area contributed by atoms with Crippen molar-refractivity contribution in [3.8, 4) is 0 Å². The van der Waals surface area contributed by atoms with E-state index in [1.807, 2.05) is 12.1 Å². The van der Waals surface area contributed by atoms with Gasteiger partial charge in [0.1, 0.15) is 0 Å². The molecule has 0 bridgehead atoms. The number of likely N-dealkylation sites (tertiary alicyclic amines) is 1. The lowest BCUT2D eigenvalue weighted by Gasteiger charge is -2.37. The number of anilines is 1. The Bertz CT molecular complexity index is 647. The van der Waals surface area contributed by atoms with Crippen LogP contribution in [0.2, 0.25) is 0 Å². The van der Waals surface area contributed by atoms with Crippen molar-refractivity contribution in [2.45, 2.75) is 24.8 Å². The first kappa shape index (κ1) is 12.9. The number of benzene rings is 2. The molecule has 108 valence electrons. The Kier molecular flexibility index (Phi) is 3.00. The minimum absolute atomic E-state index is 0.523. The van der Waals surface area contributed by atoms with E-state index in [0.717, 1.165) is 5.69 Å². The van der Waals surface area contributed by atoms with Crippen molar-refractivity contribution in [3.63, 3.8) is 0 Å². The second-order valence-electron chi connectivity index (χ2n) is 6.50. The summed E-state index contributed by atoms with van der Waals surface area (Å²) < 4.78 is 0. The molecule has 0 saturated carbocycles. The molecule has 1 aliphatic heterocycles. The van der Waals surface area contributed by atoms with E-state index in [2.05, 4.69) is 48.3 Å². The zero-order valence-corrected chi connectivity index (χ0v) is 12.5. The summed E-state index contributed by atoms with van der Waals surface area (Å²) in [5.41, 5.74) is 11.2. The third-order valence-electron chi connectivity index (χ3n) is 5.30. The number of hydrogen-bond donors (Lipinski definition) is 1. The summed E-state index contributed by atoms with van der Waals surface area (Å²) in [4.78, 5) is 2.55. The van der Waals surface area contributed by atoms with Gasteiger partial charge in [0.2, 0.25) is 0 Å². The smallest absolute Gasteiger partial charge is 0.0385 e. The van der Waals surface area contributed by atoms with Gasteiger partial charge in [0, 0.05) is 17.6 Å². The number of nitrogens with zero attached hydrogens (tertiary/aromatic N) is 1. The quantitative estimate of drug-likeness (QED) is 0.804. The molecule has 2 aliphatic rings. The Morgan fingerprint density at radius 1 is 1.00 bits per heavy atom. The van der Waals surface area contributed by atoms with Crippen LogP contribution in [0.5, 0.6) is 0 Å². The molecular weight excluding hydrogens is 256 g/mol. The van der Waals surface area contributed by atoms with Crippen LogP contribution in [0.1, 0.15) is 41.5 Å². The molecular formula is C19H22N2. The summed E-state index contributed by atoms with van der Waals surface area (Å²) in [7, 11) is 2.28. The van der Waals surface area contributed by atoms with E-state index in [0.29, 0.717) is 17.9 Å². The standard InChI is InChI=1S/C19H22N2/c1-21-12-4-7-17-18(13-8-10-14(20)11-9-13)15-5-2-3-6-16(15)19(17)21/h2-3,5-6,8-11,17-19H,4,7,12,20H2,1H3/t17-,18+,19+/m0/s1. The maximum Gasteiger partial charge on any atom is 0.0385 e. The lowest BCUT2D eigenvalue weighted by Crippen LogP contribution is -2.34.